The number of nitriles is 1. The molecule has 0 saturated heterocycles. The number of benzene rings is 7. The van der Waals surface area contributed by atoms with Crippen LogP contribution < -0.4 is 0 Å². The molecule has 7 aromatic carbocycles. The molecule has 238 valence electrons. The van der Waals surface area contributed by atoms with Gasteiger partial charge in [0.2, 0.25) is 0 Å². The first-order valence-electron chi connectivity index (χ1n) is 16.2. The fraction of sp³-hybridized carbons (Fsp3) is 0.0227. The summed E-state index contributed by atoms with van der Waals surface area (Å²) in [7, 11) is 0. The van der Waals surface area contributed by atoms with Gasteiger partial charge in [0.15, 0.2) is 0 Å². The number of para-hydroxylation sites is 4. The third kappa shape index (κ3) is 4.59. The normalized spacial score (nSPS) is 11.9. The molecule has 0 atom stereocenters. The molecule has 0 amide bonds. The molecule has 9 aromatic rings. The van der Waals surface area contributed by atoms with Gasteiger partial charge in [-0.1, -0.05) is 97.1 Å². The second-order valence-electron chi connectivity index (χ2n) is 12.4. The van der Waals surface area contributed by atoms with Crippen LogP contribution >= 0.6 is 0 Å². The molecule has 2 heterocycles. The van der Waals surface area contributed by atoms with E-state index in [0.29, 0.717) is 11.1 Å². The number of aromatic nitrogens is 2. The fourth-order valence-corrected chi connectivity index (χ4v) is 7.41. The lowest BCUT2D eigenvalue weighted by Gasteiger charge is -2.17. The van der Waals surface area contributed by atoms with Crippen LogP contribution in [0, 0.1) is 11.3 Å². The SMILES string of the molecule is N#Cc1c(-c2cccc(-n3c4ccccc4c4ccccc43)c2)cc(C(F)(F)F)cc1-c1cccc(-n2c3ccccc3c3ccccc32)c1. The van der Waals surface area contributed by atoms with Crippen molar-refractivity contribution in [1.29, 1.82) is 5.26 Å². The highest BCUT2D eigenvalue weighted by molar-refractivity contribution is 6.10. The van der Waals surface area contributed by atoms with E-state index in [1.54, 1.807) is 12.1 Å². The Kier molecular flexibility index (Phi) is 6.65. The Morgan fingerprint density at radius 2 is 0.800 bits per heavy atom. The number of hydrogen-bond acceptors (Lipinski definition) is 1. The number of alkyl halides is 3. The van der Waals surface area contributed by atoms with Crippen molar-refractivity contribution in [3.63, 3.8) is 0 Å². The van der Waals surface area contributed by atoms with E-state index in [0.717, 1.165) is 67.1 Å². The molecule has 9 rings (SSSR count). The van der Waals surface area contributed by atoms with Gasteiger partial charge in [0.05, 0.1) is 33.2 Å². The second-order valence-corrected chi connectivity index (χ2v) is 12.4. The minimum atomic E-state index is -4.63. The molecular weight excluding hydrogens is 627 g/mol. The number of hydrogen-bond donors (Lipinski definition) is 0. The van der Waals surface area contributed by atoms with Gasteiger partial charge in [-0.3, -0.25) is 0 Å². The van der Waals surface area contributed by atoms with Gasteiger partial charge in [-0.25, -0.2) is 0 Å². The van der Waals surface area contributed by atoms with Gasteiger partial charge in [-0.05, 0) is 71.8 Å². The summed E-state index contributed by atoms with van der Waals surface area (Å²) in [5.74, 6) is 0. The van der Waals surface area contributed by atoms with E-state index < -0.39 is 11.7 Å². The van der Waals surface area contributed by atoms with Crippen molar-refractivity contribution in [2.45, 2.75) is 6.18 Å². The third-order valence-electron chi connectivity index (χ3n) is 9.57. The predicted octanol–water partition coefficient (Wildman–Crippen LogP) is 12.1. The van der Waals surface area contributed by atoms with Crippen LogP contribution in [0.15, 0.2) is 158 Å². The largest absolute Gasteiger partial charge is 0.416 e. The predicted molar refractivity (Wildman–Crippen MR) is 196 cm³/mol. The van der Waals surface area contributed by atoms with Gasteiger partial charge in [0.1, 0.15) is 6.07 Å². The Bertz CT molecular complexity index is 2550. The van der Waals surface area contributed by atoms with Crippen LogP contribution in [0.4, 0.5) is 13.2 Å². The Morgan fingerprint density at radius 3 is 1.14 bits per heavy atom. The van der Waals surface area contributed by atoms with Crippen molar-refractivity contribution in [3.05, 3.63) is 169 Å². The van der Waals surface area contributed by atoms with Crippen molar-refractivity contribution in [2.75, 3.05) is 0 Å². The summed E-state index contributed by atoms with van der Waals surface area (Å²) >= 11 is 0. The van der Waals surface area contributed by atoms with Gasteiger partial charge in [0.25, 0.3) is 0 Å². The van der Waals surface area contributed by atoms with Crippen LogP contribution in [-0.2, 0) is 6.18 Å². The van der Waals surface area contributed by atoms with Crippen LogP contribution in [0.3, 0.4) is 0 Å². The zero-order valence-corrected chi connectivity index (χ0v) is 26.5. The number of nitrogens with zero attached hydrogens (tertiary/aromatic N) is 3. The van der Waals surface area contributed by atoms with Crippen molar-refractivity contribution in [3.8, 4) is 39.7 Å². The molecule has 0 unspecified atom stereocenters. The maximum atomic E-state index is 14.6. The first-order chi connectivity index (χ1) is 24.4. The van der Waals surface area contributed by atoms with Crippen LogP contribution in [0.2, 0.25) is 0 Å². The van der Waals surface area contributed by atoms with Crippen molar-refractivity contribution >= 4 is 43.6 Å². The van der Waals surface area contributed by atoms with Crippen molar-refractivity contribution in [2.24, 2.45) is 0 Å². The van der Waals surface area contributed by atoms with Crippen molar-refractivity contribution < 1.29 is 13.2 Å². The Morgan fingerprint density at radius 1 is 0.440 bits per heavy atom. The lowest BCUT2D eigenvalue weighted by atomic mass is 9.89. The highest BCUT2D eigenvalue weighted by atomic mass is 19.4. The zero-order valence-electron chi connectivity index (χ0n) is 26.5. The molecular formula is C44H26F3N3. The van der Waals surface area contributed by atoms with Gasteiger partial charge in [-0.2, -0.15) is 18.4 Å². The summed E-state index contributed by atoms with van der Waals surface area (Å²) in [6.45, 7) is 0. The molecule has 3 nitrogen and oxygen atoms in total. The Hall–Kier alpha value is -6.58. The first kappa shape index (κ1) is 29.6. The Labute approximate surface area is 285 Å². The van der Waals surface area contributed by atoms with Crippen LogP contribution in [0.25, 0.3) is 77.2 Å². The van der Waals surface area contributed by atoms with Crippen LogP contribution in [-0.4, -0.2) is 9.13 Å². The summed E-state index contributed by atoms with van der Waals surface area (Å²) in [4.78, 5) is 0. The molecule has 0 fully saturated rings. The highest BCUT2D eigenvalue weighted by Crippen LogP contribution is 2.41. The Balaban J connectivity index is 1.26. The summed E-state index contributed by atoms with van der Waals surface area (Å²) in [6.07, 6.45) is -4.63. The summed E-state index contributed by atoms with van der Waals surface area (Å²) < 4.78 is 48.1. The highest BCUT2D eigenvalue weighted by Gasteiger charge is 2.33. The molecule has 0 aliphatic rings. The fourth-order valence-electron chi connectivity index (χ4n) is 7.41. The number of fused-ring (bicyclic) bond motifs is 6. The molecule has 6 heteroatoms. The van der Waals surface area contributed by atoms with Gasteiger partial charge in [0, 0.05) is 44.0 Å². The molecule has 0 aliphatic carbocycles. The van der Waals surface area contributed by atoms with Crippen molar-refractivity contribution in [1.82, 2.24) is 9.13 Å². The topological polar surface area (TPSA) is 33.6 Å². The monoisotopic (exact) mass is 653 g/mol. The van der Waals surface area contributed by atoms with E-state index in [1.165, 1.54) is 0 Å². The average Bonchev–Trinajstić information content (AvgIpc) is 3.67. The first-order valence-corrected chi connectivity index (χ1v) is 16.2. The molecule has 50 heavy (non-hydrogen) atoms. The lowest BCUT2D eigenvalue weighted by Crippen LogP contribution is -2.07. The molecule has 0 bridgehead atoms. The van der Waals surface area contributed by atoms with Crippen LogP contribution in [0.1, 0.15) is 11.1 Å². The number of rotatable bonds is 4. The van der Waals surface area contributed by atoms with E-state index in [2.05, 4.69) is 39.5 Å². The van der Waals surface area contributed by atoms with E-state index in [9.17, 15) is 18.4 Å². The minimum Gasteiger partial charge on any atom is -0.309 e. The average molecular weight is 654 g/mol. The third-order valence-corrected chi connectivity index (χ3v) is 9.57. The zero-order chi connectivity index (χ0) is 34.0. The van der Waals surface area contributed by atoms with Gasteiger partial charge < -0.3 is 9.13 Å². The van der Waals surface area contributed by atoms with Crippen LogP contribution in [0.5, 0.6) is 0 Å². The summed E-state index contributed by atoms with van der Waals surface area (Å²) in [6, 6.07) is 51.6. The smallest absolute Gasteiger partial charge is 0.309 e. The lowest BCUT2D eigenvalue weighted by molar-refractivity contribution is -0.137. The van der Waals surface area contributed by atoms with E-state index >= 15 is 0 Å². The quantitative estimate of drug-likeness (QED) is 0.186. The molecule has 2 aromatic heterocycles. The maximum Gasteiger partial charge on any atom is 0.416 e. The van der Waals surface area contributed by atoms with Gasteiger partial charge >= 0.3 is 6.18 Å². The number of halogens is 3. The second kappa shape index (κ2) is 11.3. The minimum absolute atomic E-state index is 0.178. The molecule has 0 aliphatic heterocycles. The molecule has 0 radical (unpaired) electrons. The molecule has 0 saturated carbocycles. The van der Waals surface area contributed by atoms with E-state index in [4.69, 9.17) is 0 Å². The van der Waals surface area contributed by atoms with E-state index in [1.807, 2.05) is 109 Å². The van der Waals surface area contributed by atoms with E-state index in [-0.39, 0.29) is 16.7 Å². The summed E-state index contributed by atoms with van der Waals surface area (Å²) in [5.41, 5.74) is 6.37. The molecule has 0 spiro atoms. The maximum absolute atomic E-state index is 14.6. The standard InChI is InChI=1S/C44H26F3N3/c45-44(46,47)30-25-37(28-11-9-13-31(23-28)49-40-19-5-1-15-33(40)34-16-2-6-20-41(34)49)39(27-48)38(26-30)29-12-10-14-32(24-29)50-42-21-7-3-17-35(42)36-18-4-8-22-43(36)50/h1-26H. The summed E-state index contributed by atoms with van der Waals surface area (Å²) in [5, 5.41) is 15.0. The molecule has 0 N–H and O–H groups in total. The van der Waals surface area contributed by atoms with Gasteiger partial charge in [-0.15, -0.1) is 0 Å².